The number of aryl methyl sites for hydroxylation is 1. The molecule has 5 heteroatoms. The first-order chi connectivity index (χ1) is 8.58. The van der Waals surface area contributed by atoms with Crippen LogP contribution in [0.4, 0.5) is 5.69 Å². The molecule has 0 fully saturated rings. The highest BCUT2D eigenvalue weighted by atomic mass is 35.5. The van der Waals surface area contributed by atoms with Gasteiger partial charge in [0.1, 0.15) is 5.75 Å². The molecule has 0 bridgehead atoms. The van der Waals surface area contributed by atoms with Crippen LogP contribution in [0.25, 0.3) is 0 Å². The fourth-order valence-corrected chi connectivity index (χ4v) is 1.67. The molecule has 1 aromatic rings. The lowest BCUT2D eigenvalue weighted by molar-refractivity contribution is -0.116. The lowest BCUT2D eigenvalue weighted by Crippen LogP contribution is -2.21. The van der Waals surface area contributed by atoms with Gasteiger partial charge < -0.3 is 15.4 Å². The largest absolute Gasteiger partial charge is 0.495 e. The van der Waals surface area contributed by atoms with E-state index in [0.29, 0.717) is 29.4 Å². The molecule has 0 radical (unpaired) electrons. The van der Waals surface area contributed by atoms with Gasteiger partial charge >= 0.3 is 0 Å². The molecule has 0 saturated heterocycles. The van der Waals surface area contributed by atoms with E-state index in [1.54, 1.807) is 13.2 Å². The summed E-state index contributed by atoms with van der Waals surface area (Å²) >= 11 is 6.00. The highest BCUT2D eigenvalue weighted by Gasteiger charge is 2.09. The van der Waals surface area contributed by atoms with Crippen molar-refractivity contribution in [3.63, 3.8) is 0 Å². The molecule has 1 rings (SSSR count). The number of carbonyl (C=O) groups is 1. The average Bonchev–Trinajstić information content (AvgIpc) is 2.34. The van der Waals surface area contributed by atoms with Crippen molar-refractivity contribution in [3.05, 3.63) is 22.7 Å². The van der Waals surface area contributed by atoms with Gasteiger partial charge in [-0.25, -0.2) is 0 Å². The van der Waals surface area contributed by atoms with E-state index in [4.69, 9.17) is 16.3 Å². The fraction of sp³-hybridized carbons (Fsp3) is 0.462. The predicted molar refractivity (Wildman–Crippen MR) is 74.5 cm³/mol. The number of methoxy groups -OCH3 is 1. The molecule has 0 heterocycles. The van der Waals surface area contributed by atoms with Gasteiger partial charge in [0, 0.05) is 24.1 Å². The average molecular weight is 271 g/mol. The van der Waals surface area contributed by atoms with Crippen molar-refractivity contribution in [1.29, 1.82) is 0 Å². The standard InChI is InChI=1S/C13H19ClN2O2/c1-4-15-6-5-13(17)16-11-7-9(2)10(14)8-12(11)18-3/h7-8,15H,4-6H2,1-3H3,(H,16,17). The van der Waals surface area contributed by atoms with Crippen molar-refractivity contribution in [1.82, 2.24) is 5.32 Å². The number of halogens is 1. The highest BCUT2D eigenvalue weighted by molar-refractivity contribution is 6.31. The minimum atomic E-state index is -0.0454. The maximum atomic E-state index is 11.7. The van der Waals surface area contributed by atoms with Crippen LogP contribution in [0.15, 0.2) is 12.1 Å². The van der Waals surface area contributed by atoms with Crippen LogP contribution in [0.5, 0.6) is 5.75 Å². The van der Waals surface area contributed by atoms with Crippen LogP contribution < -0.4 is 15.4 Å². The van der Waals surface area contributed by atoms with E-state index in [2.05, 4.69) is 10.6 Å². The SMILES string of the molecule is CCNCCC(=O)Nc1cc(C)c(Cl)cc1OC. The second kappa shape index (κ2) is 7.24. The Kier molecular flexibility index (Phi) is 5.95. The van der Waals surface area contributed by atoms with E-state index in [9.17, 15) is 4.79 Å². The summed E-state index contributed by atoms with van der Waals surface area (Å²) in [6.07, 6.45) is 0.429. The van der Waals surface area contributed by atoms with E-state index in [-0.39, 0.29) is 5.91 Å². The first kappa shape index (κ1) is 14.8. The van der Waals surface area contributed by atoms with Gasteiger partial charge in [-0.05, 0) is 25.1 Å². The zero-order valence-corrected chi connectivity index (χ0v) is 11.7. The first-order valence-corrected chi connectivity index (χ1v) is 6.31. The molecule has 0 spiro atoms. The first-order valence-electron chi connectivity index (χ1n) is 5.93. The van der Waals surface area contributed by atoms with Crippen molar-refractivity contribution in [3.8, 4) is 5.75 Å². The molecule has 1 amide bonds. The van der Waals surface area contributed by atoms with Crippen molar-refractivity contribution in [2.75, 3.05) is 25.5 Å². The van der Waals surface area contributed by atoms with E-state index >= 15 is 0 Å². The lowest BCUT2D eigenvalue weighted by Gasteiger charge is -2.12. The van der Waals surface area contributed by atoms with E-state index in [1.165, 1.54) is 0 Å². The van der Waals surface area contributed by atoms with E-state index in [0.717, 1.165) is 12.1 Å². The van der Waals surface area contributed by atoms with Gasteiger partial charge in [-0.2, -0.15) is 0 Å². The van der Waals surface area contributed by atoms with Gasteiger partial charge in [0.25, 0.3) is 0 Å². The van der Waals surface area contributed by atoms with Crippen LogP contribution in [0.2, 0.25) is 5.02 Å². The minimum absolute atomic E-state index is 0.0454. The lowest BCUT2D eigenvalue weighted by atomic mass is 10.2. The summed E-state index contributed by atoms with van der Waals surface area (Å²) in [5.41, 5.74) is 1.56. The molecule has 18 heavy (non-hydrogen) atoms. The number of rotatable bonds is 6. The Bertz CT molecular complexity index is 422. The number of benzene rings is 1. The number of amides is 1. The number of hydrogen-bond acceptors (Lipinski definition) is 3. The van der Waals surface area contributed by atoms with E-state index < -0.39 is 0 Å². The zero-order valence-electron chi connectivity index (χ0n) is 11.0. The monoisotopic (exact) mass is 270 g/mol. The van der Waals surface area contributed by atoms with Crippen LogP contribution in [0.3, 0.4) is 0 Å². The predicted octanol–water partition coefficient (Wildman–Crippen LogP) is 2.60. The summed E-state index contributed by atoms with van der Waals surface area (Å²) < 4.78 is 5.19. The van der Waals surface area contributed by atoms with Crippen LogP contribution in [-0.2, 0) is 4.79 Å². The van der Waals surface area contributed by atoms with Crippen molar-refractivity contribution < 1.29 is 9.53 Å². The van der Waals surface area contributed by atoms with Gasteiger partial charge in [0.05, 0.1) is 12.8 Å². The molecule has 0 aliphatic heterocycles. The molecule has 0 atom stereocenters. The number of ether oxygens (including phenoxy) is 1. The normalized spacial score (nSPS) is 10.2. The van der Waals surface area contributed by atoms with Crippen molar-refractivity contribution in [2.24, 2.45) is 0 Å². The molecule has 1 aromatic carbocycles. The quantitative estimate of drug-likeness (QED) is 0.781. The minimum Gasteiger partial charge on any atom is -0.495 e. The second-order valence-corrected chi connectivity index (χ2v) is 4.36. The Morgan fingerprint density at radius 1 is 1.44 bits per heavy atom. The summed E-state index contributed by atoms with van der Waals surface area (Å²) in [6, 6.07) is 3.52. The Labute approximate surface area is 113 Å². The number of nitrogens with one attached hydrogen (secondary N) is 2. The molecular weight excluding hydrogens is 252 g/mol. The zero-order chi connectivity index (χ0) is 13.5. The molecule has 2 N–H and O–H groups in total. The summed E-state index contributed by atoms with van der Waals surface area (Å²) in [5.74, 6) is 0.526. The maximum Gasteiger partial charge on any atom is 0.225 e. The Hall–Kier alpha value is -1.26. The van der Waals surface area contributed by atoms with Crippen LogP contribution in [-0.4, -0.2) is 26.1 Å². The van der Waals surface area contributed by atoms with Gasteiger partial charge in [0.2, 0.25) is 5.91 Å². The number of carbonyl (C=O) groups excluding carboxylic acids is 1. The van der Waals surface area contributed by atoms with Crippen LogP contribution in [0.1, 0.15) is 18.9 Å². The summed E-state index contributed by atoms with van der Waals surface area (Å²) in [7, 11) is 1.55. The molecule has 0 unspecified atom stereocenters. The van der Waals surface area contributed by atoms with Crippen LogP contribution >= 0.6 is 11.6 Å². The molecule has 0 aliphatic rings. The Morgan fingerprint density at radius 2 is 2.17 bits per heavy atom. The van der Waals surface area contributed by atoms with E-state index in [1.807, 2.05) is 19.9 Å². The third-order valence-corrected chi connectivity index (χ3v) is 2.94. The Balaban J connectivity index is 2.71. The van der Waals surface area contributed by atoms with Crippen molar-refractivity contribution >= 4 is 23.2 Å². The molecule has 0 saturated carbocycles. The Morgan fingerprint density at radius 3 is 2.78 bits per heavy atom. The smallest absolute Gasteiger partial charge is 0.225 e. The maximum absolute atomic E-state index is 11.7. The summed E-state index contributed by atoms with van der Waals surface area (Å²) in [4.78, 5) is 11.7. The summed E-state index contributed by atoms with van der Waals surface area (Å²) in [5, 5.41) is 6.55. The third kappa shape index (κ3) is 4.20. The molecule has 4 nitrogen and oxygen atoms in total. The van der Waals surface area contributed by atoms with Gasteiger partial charge in [0.15, 0.2) is 0 Å². The topological polar surface area (TPSA) is 50.4 Å². The van der Waals surface area contributed by atoms with Crippen molar-refractivity contribution in [2.45, 2.75) is 20.3 Å². The second-order valence-electron chi connectivity index (χ2n) is 3.95. The molecule has 0 aliphatic carbocycles. The molecular formula is C13H19ClN2O2. The third-order valence-electron chi connectivity index (χ3n) is 2.53. The molecule has 100 valence electrons. The summed E-state index contributed by atoms with van der Waals surface area (Å²) in [6.45, 7) is 5.41. The van der Waals surface area contributed by atoms with Gasteiger partial charge in [-0.3, -0.25) is 4.79 Å². The van der Waals surface area contributed by atoms with Gasteiger partial charge in [-0.15, -0.1) is 0 Å². The van der Waals surface area contributed by atoms with Crippen LogP contribution in [0, 0.1) is 6.92 Å². The molecule has 0 aromatic heterocycles. The number of hydrogen-bond donors (Lipinski definition) is 2. The number of anilines is 1. The highest BCUT2D eigenvalue weighted by Crippen LogP contribution is 2.30. The van der Waals surface area contributed by atoms with Gasteiger partial charge in [-0.1, -0.05) is 18.5 Å². The fourth-order valence-electron chi connectivity index (χ4n) is 1.52.